The lowest BCUT2D eigenvalue weighted by atomic mass is 10.1. The minimum Gasteiger partial charge on any atom is -0.382 e. The molecule has 1 aliphatic rings. The smallest absolute Gasteiger partial charge is 0.249 e. The molecule has 2 N–H and O–H groups in total. The molecule has 2 amide bonds. The van der Waals surface area contributed by atoms with Crippen molar-refractivity contribution in [2.45, 2.75) is 32.9 Å². The molecule has 1 atom stereocenters. The van der Waals surface area contributed by atoms with Crippen LogP contribution in [0.5, 0.6) is 0 Å². The Hall–Kier alpha value is -2.78. The number of carbonyl (C=O) groups excluding carboxylic acids is 2. The Morgan fingerprint density at radius 3 is 2.93 bits per heavy atom. The lowest BCUT2D eigenvalue weighted by Gasteiger charge is -2.22. The number of benzene rings is 1. The standard InChI is InChI=1S/C18H23N5O4/c1-11-4-5-13(12(2)8-11)19-17(25)14-9-16(24)21-18-20-15(22-23(14)18)10-27-7-6-26-3/h4-5,8,14H,6-7,9-10H2,1-3H3,(H,19,25)(H,20,21,22,24). The highest BCUT2D eigenvalue weighted by Gasteiger charge is 2.33. The number of aromatic nitrogens is 3. The van der Waals surface area contributed by atoms with E-state index in [1.54, 1.807) is 7.11 Å². The SMILES string of the molecule is COCCOCc1nc2n(n1)C(C(=O)Nc1ccc(C)cc1C)CC(=O)N2. The van der Waals surface area contributed by atoms with Crippen molar-refractivity contribution in [3.05, 3.63) is 35.2 Å². The number of carbonyl (C=O) groups is 2. The van der Waals surface area contributed by atoms with E-state index < -0.39 is 6.04 Å². The molecule has 9 heteroatoms. The van der Waals surface area contributed by atoms with Gasteiger partial charge in [0, 0.05) is 12.8 Å². The summed E-state index contributed by atoms with van der Waals surface area (Å²) in [6.07, 6.45) is -0.00290. The zero-order valence-corrected chi connectivity index (χ0v) is 15.6. The molecule has 1 aromatic heterocycles. The van der Waals surface area contributed by atoms with Crippen LogP contribution in [0.4, 0.5) is 11.6 Å². The van der Waals surface area contributed by atoms with Gasteiger partial charge in [-0.25, -0.2) is 4.68 Å². The fraction of sp³-hybridized carbons (Fsp3) is 0.444. The van der Waals surface area contributed by atoms with E-state index >= 15 is 0 Å². The van der Waals surface area contributed by atoms with Gasteiger partial charge in [-0.1, -0.05) is 17.7 Å². The van der Waals surface area contributed by atoms with Crippen LogP contribution in [0.2, 0.25) is 0 Å². The van der Waals surface area contributed by atoms with Crippen molar-refractivity contribution in [2.24, 2.45) is 0 Å². The molecule has 1 unspecified atom stereocenters. The molecule has 2 heterocycles. The normalized spacial score (nSPS) is 16.0. The minimum atomic E-state index is -0.769. The van der Waals surface area contributed by atoms with Gasteiger partial charge in [-0.05, 0) is 25.5 Å². The van der Waals surface area contributed by atoms with Gasteiger partial charge in [0.05, 0.1) is 19.6 Å². The Balaban J connectivity index is 1.75. The fourth-order valence-corrected chi connectivity index (χ4v) is 2.85. The Labute approximate surface area is 157 Å². The van der Waals surface area contributed by atoms with Crippen molar-refractivity contribution >= 4 is 23.5 Å². The van der Waals surface area contributed by atoms with E-state index in [9.17, 15) is 9.59 Å². The molecule has 0 saturated heterocycles. The van der Waals surface area contributed by atoms with Crippen molar-refractivity contribution in [2.75, 3.05) is 31.0 Å². The number of aryl methyl sites for hydroxylation is 2. The highest BCUT2D eigenvalue weighted by Crippen LogP contribution is 2.25. The molecular formula is C18H23N5O4. The number of methoxy groups -OCH3 is 1. The molecule has 0 radical (unpaired) electrons. The van der Waals surface area contributed by atoms with E-state index in [0.29, 0.717) is 24.7 Å². The number of hydrogen-bond donors (Lipinski definition) is 2. The lowest BCUT2D eigenvalue weighted by Crippen LogP contribution is -2.36. The van der Waals surface area contributed by atoms with E-state index in [2.05, 4.69) is 20.7 Å². The van der Waals surface area contributed by atoms with Crippen LogP contribution in [0.1, 0.15) is 29.4 Å². The van der Waals surface area contributed by atoms with Gasteiger partial charge in [0.25, 0.3) is 0 Å². The van der Waals surface area contributed by atoms with Gasteiger partial charge in [0.15, 0.2) is 5.82 Å². The number of nitrogens with zero attached hydrogens (tertiary/aromatic N) is 3. The zero-order valence-electron chi connectivity index (χ0n) is 15.6. The molecule has 2 aromatic rings. The maximum Gasteiger partial charge on any atom is 0.249 e. The second-order valence-electron chi connectivity index (χ2n) is 6.42. The first-order valence-corrected chi connectivity index (χ1v) is 8.68. The highest BCUT2D eigenvalue weighted by atomic mass is 16.5. The first-order valence-electron chi connectivity index (χ1n) is 8.68. The number of hydrogen-bond acceptors (Lipinski definition) is 6. The van der Waals surface area contributed by atoms with Crippen molar-refractivity contribution < 1.29 is 19.1 Å². The van der Waals surface area contributed by atoms with Gasteiger partial charge in [0.2, 0.25) is 17.8 Å². The van der Waals surface area contributed by atoms with Crippen LogP contribution in [0.15, 0.2) is 18.2 Å². The molecule has 3 rings (SSSR count). The number of nitrogens with one attached hydrogen (secondary N) is 2. The zero-order chi connectivity index (χ0) is 19.4. The van der Waals surface area contributed by atoms with E-state index in [-0.39, 0.29) is 30.8 Å². The Morgan fingerprint density at radius 1 is 1.37 bits per heavy atom. The van der Waals surface area contributed by atoms with E-state index in [0.717, 1.165) is 11.1 Å². The largest absolute Gasteiger partial charge is 0.382 e. The summed E-state index contributed by atoms with van der Waals surface area (Å²) in [6.45, 7) is 4.95. The topological polar surface area (TPSA) is 107 Å². The molecule has 144 valence electrons. The molecular weight excluding hydrogens is 350 g/mol. The third-order valence-electron chi connectivity index (χ3n) is 4.21. The van der Waals surface area contributed by atoms with Crippen LogP contribution < -0.4 is 10.6 Å². The molecule has 27 heavy (non-hydrogen) atoms. The minimum absolute atomic E-state index is 0.00290. The predicted octanol–water partition coefficient (Wildman–Crippen LogP) is 1.58. The summed E-state index contributed by atoms with van der Waals surface area (Å²) in [5, 5.41) is 9.85. The summed E-state index contributed by atoms with van der Waals surface area (Å²) < 4.78 is 11.8. The van der Waals surface area contributed by atoms with Gasteiger partial charge < -0.3 is 14.8 Å². The molecule has 0 bridgehead atoms. The number of amides is 2. The Bertz CT molecular complexity index is 848. The molecule has 0 fully saturated rings. The van der Waals surface area contributed by atoms with Crippen molar-refractivity contribution in [1.29, 1.82) is 0 Å². The molecule has 9 nitrogen and oxygen atoms in total. The monoisotopic (exact) mass is 373 g/mol. The Kier molecular flexibility index (Phi) is 5.82. The van der Waals surface area contributed by atoms with Gasteiger partial charge in [-0.2, -0.15) is 10.1 Å². The lowest BCUT2D eigenvalue weighted by molar-refractivity contribution is -0.125. The van der Waals surface area contributed by atoms with Crippen LogP contribution in [0.3, 0.4) is 0 Å². The van der Waals surface area contributed by atoms with E-state index in [1.165, 1.54) is 4.68 Å². The van der Waals surface area contributed by atoms with Crippen LogP contribution >= 0.6 is 0 Å². The van der Waals surface area contributed by atoms with Gasteiger partial charge >= 0.3 is 0 Å². The summed E-state index contributed by atoms with van der Waals surface area (Å²) in [4.78, 5) is 29.0. The summed E-state index contributed by atoms with van der Waals surface area (Å²) in [7, 11) is 1.59. The summed E-state index contributed by atoms with van der Waals surface area (Å²) >= 11 is 0. The van der Waals surface area contributed by atoms with Crippen molar-refractivity contribution in [3.8, 4) is 0 Å². The average molecular weight is 373 g/mol. The van der Waals surface area contributed by atoms with Crippen LogP contribution in [0.25, 0.3) is 0 Å². The van der Waals surface area contributed by atoms with Crippen LogP contribution in [-0.2, 0) is 25.7 Å². The second-order valence-corrected chi connectivity index (χ2v) is 6.42. The first kappa shape index (κ1) is 19.0. The summed E-state index contributed by atoms with van der Waals surface area (Å²) in [5.41, 5.74) is 2.77. The summed E-state index contributed by atoms with van der Waals surface area (Å²) in [6, 6.07) is 4.99. The second kappa shape index (κ2) is 8.28. The molecule has 1 aromatic carbocycles. The maximum atomic E-state index is 12.8. The highest BCUT2D eigenvalue weighted by molar-refractivity contribution is 6.01. The fourth-order valence-electron chi connectivity index (χ4n) is 2.85. The molecule has 0 aliphatic carbocycles. The predicted molar refractivity (Wildman–Crippen MR) is 98.4 cm³/mol. The number of rotatable bonds is 7. The average Bonchev–Trinajstić information content (AvgIpc) is 3.03. The van der Waals surface area contributed by atoms with E-state index in [4.69, 9.17) is 9.47 Å². The number of fused-ring (bicyclic) bond motifs is 1. The van der Waals surface area contributed by atoms with E-state index in [1.807, 2.05) is 32.0 Å². The van der Waals surface area contributed by atoms with Gasteiger partial charge in [-0.3, -0.25) is 14.9 Å². The third kappa shape index (κ3) is 4.50. The van der Waals surface area contributed by atoms with Gasteiger partial charge in [-0.15, -0.1) is 0 Å². The number of anilines is 2. The maximum absolute atomic E-state index is 12.8. The van der Waals surface area contributed by atoms with Crippen LogP contribution in [-0.4, -0.2) is 46.9 Å². The molecule has 0 saturated carbocycles. The number of ether oxygens (including phenoxy) is 2. The first-order chi connectivity index (χ1) is 13.0. The van der Waals surface area contributed by atoms with Crippen molar-refractivity contribution in [3.63, 3.8) is 0 Å². The summed E-state index contributed by atoms with van der Waals surface area (Å²) in [5.74, 6) is 0.0577. The quantitative estimate of drug-likeness (QED) is 0.714. The van der Waals surface area contributed by atoms with Crippen LogP contribution in [0, 0.1) is 13.8 Å². The molecule has 0 spiro atoms. The molecule has 1 aliphatic heterocycles. The van der Waals surface area contributed by atoms with Crippen molar-refractivity contribution in [1.82, 2.24) is 14.8 Å². The third-order valence-corrected chi connectivity index (χ3v) is 4.21. The Morgan fingerprint density at radius 2 is 2.19 bits per heavy atom. The van der Waals surface area contributed by atoms with Gasteiger partial charge in [0.1, 0.15) is 12.6 Å².